The van der Waals surface area contributed by atoms with Crippen LogP contribution < -0.4 is 20.7 Å². The van der Waals surface area contributed by atoms with Crippen molar-refractivity contribution in [3.05, 3.63) is 48.5 Å². The van der Waals surface area contributed by atoms with Crippen molar-refractivity contribution in [2.24, 2.45) is 5.92 Å². The minimum Gasteiger partial charge on any atom is -0.491 e. The van der Waals surface area contributed by atoms with Crippen LogP contribution in [0.2, 0.25) is 0 Å². The first-order valence-electron chi connectivity index (χ1n) is 11.6. The second kappa shape index (κ2) is 11.4. The topological polar surface area (TPSA) is 114 Å². The summed E-state index contributed by atoms with van der Waals surface area (Å²) >= 11 is 0. The SMILES string of the molecule is COCCOc1cc(F)c2c(Nc3ccc(NC(=O)CC(=O)NCC4CC(F)(F)C4)cc3)ncnc2c1. The van der Waals surface area contributed by atoms with E-state index in [2.05, 4.69) is 25.9 Å². The highest BCUT2D eigenvalue weighted by molar-refractivity contribution is 6.03. The van der Waals surface area contributed by atoms with Crippen LogP contribution in [0.1, 0.15) is 19.3 Å². The lowest BCUT2D eigenvalue weighted by Crippen LogP contribution is -2.42. The molecule has 1 saturated carbocycles. The lowest BCUT2D eigenvalue weighted by atomic mass is 9.81. The number of amides is 2. The van der Waals surface area contributed by atoms with Crippen molar-refractivity contribution in [1.82, 2.24) is 15.3 Å². The number of aromatic nitrogens is 2. The van der Waals surface area contributed by atoms with Gasteiger partial charge in [-0.3, -0.25) is 9.59 Å². The number of hydrogen-bond donors (Lipinski definition) is 3. The molecule has 4 rings (SSSR count). The molecule has 0 unspecified atom stereocenters. The number of rotatable bonds is 11. The number of nitrogens with one attached hydrogen (secondary N) is 3. The molecule has 1 aliphatic rings. The van der Waals surface area contributed by atoms with Gasteiger partial charge in [0.2, 0.25) is 17.7 Å². The molecule has 0 saturated heterocycles. The van der Waals surface area contributed by atoms with Crippen molar-refractivity contribution in [1.29, 1.82) is 0 Å². The Kier molecular flexibility index (Phi) is 8.07. The largest absolute Gasteiger partial charge is 0.491 e. The zero-order valence-corrected chi connectivity index (χ0v) is 20.0. The number of benzene rings is 2. The Morgan fingerprint density at radius 3 is 2.49 bits per heavy atom. The molecule has 3 N–H and O–H groups in total. The number of anilines is 3. The third-order valence-corrected chi connectivity index (χ3v) is 5.73. The van der Waals surface area contributed by atoms with E-state index in [9.17, 15) is 22.8 Å². The van der Waals surface area contributed by atoms with E-state index in [1.54, 1.807) is 37.4 Å². The van der Waals surface area contributed by atoms with Gasteiger partial charge < -0.3 is 25.4 Å². The van der Waals surface area contributed by atoms with Crippen LogP contribution in [0.15, 0.2) is 42.7 Å². The fourth-order valence-electron chi connectivity index (χ4n) is 3.91. The van der Waals surface area contributed by atoms with Crippen LogP contribution in [0.4, 0.5) is 30.4 Å². The molecule has 0 spiro atoms. The number of fused-ring (bicyclic) bond motifs is 1. The smallest absolute Gasteiger partial charge is 0.248 e. The molecule has 0 aliphatic heterocycles. The summed E-state index contributed by atoms with van der Waals surface area (Å²) in [6, 6.07) is 9.38. The molecular formula is C25H26F3N5O4. The Morgan fingerprint density at radius 1 is 1.05 bits per heavy atom. The van der Waals surface area contributed by atoms with E-state index in [1.807, 2.05) is 0 Å². The number of ether oxygens (including phenoxy) is 2. The van der Waals surface area contributed by atoms with Gasteiger partial charge in [0, 0.05) is 50.0 Å². The van der Waals surface area contributed by atoms with Crippen molar-refractivity contribution in [3.63, 3.8) is 0 Å². The summed E-state index contributed by atoms with van der Waals surface area (Å²) in [7, 11) is 1.54. The quantitative estimate of drug-likeness (QED) is 0.260. The van der Waals surface area contributed by atoms with Gasteiger partial charge in [-0.2, -0.15) is 0 Å². The molecule has 3 aromatic rings. The molecule has 1 fully saturated rings. The van der Waals surface area contributed by atoms with Crippen LogP contribution in [-0.4, -0.2) is 54.6 Å². The highest BCUT2D eigenvalue weighted by Crippen LogP contribution is 2.41. The fraction of sp³-hybridized carbons (Fsp3) is 0.360. The van der Waals surface area contributed by atoms with E-state index in [0.717, 1.165) is 0 Å². The van der Waals surface area contributed by atoms with Crippen LogP contribution >= 0.6 is 0 Å². The summed E-state index contributed by atoms with van der Waals surface area (Å²) in [5, 5.41) is 8.34. The van der Waals surface area contributed by atoms with Gasteiger partial charge >= 0.3 is 0 Å². The molecule has 0 radical (unpaired) electrons. The number of alkyl halides is 2. The number of nitrogens with zero attached hydrogens (tertiary/aromatic N) is 2. The predicted octanol–water partition coefficient (Wildman–Crippen LogP) is 4.03. The summed E-state index contributed by atoms with van der Waals surface area (Å²) < 4.78 is 50.9. The van der Waals surface area contributed by atoms with Crippen LogP contribution in [0.5, 0.6) is 5.75 Å². The zero-order valence-electron chi connectivity index (χ0n) is 20.0. The maximum atomic E-state index is 14.8. The Labute approximate surface area is 210 Å². The number of halogens is 3. The van der Waals surface area contributed by atoms with Crippen molar-refractivity contribution >= 4 is 39.9 Å². The first-order chi connectivity index (χ1) is 17.7. The molecule has 12 heteroatoms. The van der Waals surface area contributed by atoms with Gasteiger partial charge in [0.05, 0.1) is 17.5 Å². The van der Waals surface area contributed by atoms with Crippen LogP contribution in [0, 0.1) is 11.7 Å². The molecule has 1 aromatic heterocycles. The number of carbonyl (C=O) groups excluding carboxylic acids is 2. The van der Waals surface area contributed by atoms with Crippen molar-refractivity contribution in [2.45, 2.75) is 25.2 Å². The summed E-state index contributed by atoms with van der Waals surface area (Å²) in [6.07, 6.45) is 0.384. The fourth-order valence-corrected chi connectivity index (χ4v) is 3.91. The molecule has 2 aromatic carbocycles. The molecule has 196 valence electrons. The van der Waals surface area contributed by atoms with Crippen molar-refractivity contribution < 1.29 is 32.2 Å². The summed E-state index contributed by atoms with van der Waals surface area (Å²) in [5.74, 6) is -3.96. The highest BCUT2D eigenvalue weighted by atomic mass is 19.3. The molecule has 1 aliphatic carbocycles. The first-order valence-corrected chi connectivity index (χ1v) is 11.6. The Hall–Kier alpha value is -3.93. The van der Waals surface area contributed by atoms with Crippen LogP contribution in [0.25, 0.3) is 10.9 Å². The molecule has 1 heterocycles. The van der Waals surface area contributed by atoms with Gasteiger partial charge in [0.1, 0.15) is 36.7 Å². The average molecular weight is 518 g/mol. The number of carbonyl (C=O) groups is 2. The van der Waals surface area contributed by atoms with E-state index in [1.165, 1.54) is 12.4 Å². The summed E-state index contributed by atoms with van der Waals surface area (Å²) in [4.78, 5) is 32.3. The van der Waals surface area contributed by atoms with E-state index in [4.69, 9.17) is 9.47 Å². The molecule has 9 nitrogen and oxygen atoms in total. The van der Waals surface area contributed by atoms with Crippen molar-refractivity contribution in [2.75, 3.05) is 37.5 Å². The zero-order chi connectivity index (χ0) is 26.4. The molecular weight excluding hydrogens is 491 g/mol. The van der Waals surface area contributed by atoms with Crippen LogP contribution in [-0.2, 0) is 14.3 Å². The second-order valence-corrected chi connectivity index (χ2v) is 8.72. The molecule has 0 bridgehead atoms. The standard InChI is InChI=1S/C25H26F3N5O4/c1-36-6-7-37-18-8-19(26)23-20(9-18)30-14-31-24(23)33-17-4-2-16(3-5-17)32-22(35)10-21(34)29-13-15-11-25(27,28)12-15/h2-5,8-9,14-15H,6-7,10-13H2,1H3,(H,29,34)(H,32,35)(H,30,31,33). The molecule has 0 atom stereocenters. The van der Waals surface area contributed by atoms with Gasteiger partial charge in [0.25, 0.3) is 0 Å². The lowest BCUT2D eigenvalue weighted by molar-refractivity contribution is -0.130. The minimum atomic E-state index is -2.65. The minimum absolute atomic E-state index is 0.128. The summed E-state index contributed by atoms with van der Waals surface area (Å²) in [6.45, 7) is 0.764. The average Bonchev–Trinajstić information content (AvgIpc) is 2.82. The monoisotopic (exact) mass is 517 g/mol. The van der Waals surface area contributed by atoms with Gasteiger partial charge in [0.15, 0.2) is 0 Å². The van der Waals surface area contributed by atoms with E-state index >= 15 is 0 Å². The van der Waals surface area contributed by atoms with Crippen molar-refractivity contribution in [3.8, 4) is 5.75 Å². The normalized spacial score (nSPS) is 14.6. The van der Waals surface area contributed by atoms with Gasteiger partial charge in [-0.25, -0.2) is 23.1 Å². The predicted molar refractivity (Wildman–Crippen MR) is 131 cm³/mol. The molecule has 2 amide bonds. The maximum absolute atomic E-state index is 14.8. The third kappa shape index (κ3) is 7.06. The Bertz CT molecular complexity index is 1270. The van der Waals surface area contributed by atoms with Gasteiger partial charge in [-0.05, 0) is 30.2 Å². The number of methoxy groups -OCH3 is 1. The third-order valence-electron chi connectivity index (χ3n) is 5.73. The summed E-state index contributed by atoms with van der Waals surface area (Å²) in [5.41, 5.74) is 1.38. The van der Waals surface area contributed by atoms with E-state index < -0.39 is 30.0 Å². The van der Waals surface area contributed by atoms with Gasteiger partial charge in [-0.1, -0.05) is 0 Å². The van der Waals surface area contributed by atoms with E-state index in [0.29, 0.717) is 29.2 Å². The molecule has 37 heavy (non-hydrogen) atoms. The first kappa shape index (κ1) is 26.1. The lowest BCUT2D eigenvalue weighted by Gasteiger charge is -2.34. The number of hydrogen-bond acceptors (Lipinski definition) is 7. The Balaban J connectivity index is 1.32. The Morgan fingerprint density at radius 2 is 1.78 bits per heavy atom. The maximum Gasteiger partial charge on any atom is 0.248 e. The van der Waals surface area contributed by atoms with E-state index in [-0.39, 0.29) is 43.1 Å². The highest BCUT2D eigenvalue weighted by Gasteiger charge is 2.45. The van der Waals surface area contributed by atoms with Gasteiger partial charge in [-0.15, -0.1) is 0 Å². The second-order valence-electron chi connectivity index (χ2n) is 8.72. The van der Waals surface area contributed by atoms with Crippen LogP contribution in [0.3, 0.4) is 0 Å².